The minimum atomic E-state index is -0.387. The monoisotopic (exact) mass is 202 g/mol. The molecule has 0 fully saturated rings. The van der Waals surface area contributed by atoms with Gasteiger partial charge in [0.05, 0.1) is 10.4 Å². The predicted molar refractivity (Wildman–Crippen MR) is 58.9 cm³/mol. The molecule has 2 aromatic rings. The molecular weight excluding hydrogens is 192 g/mol. The number of H-pyrrole nitrogens is 1. The Labute approximate surface area is 86.4 Å². The van der Waals surface area contributed by atoms with Gasteiger partial charge in [-0.25, -0.2) is 0 Å². The highest BCUT2D eigenvalue weighted by atomic mass is 16.6. The van der Waals surface area contributed by atoms with Gasteiger partial charge < -0.3 is 4.98 Å². The van der Waals surface area contributed by atoms with Crippen molar-refractivity contribution in [2.75, 3.05) is 0 Å². The molecule has 1 aromatic carbocycles. The van der Waals surface area contributed by atoms with Crippen LogP contribution in [0.3, 0.4) is 0 Å². The quantitative estimate of drug-likeness (QED) is 0.601. The van der Waals surface area contributed by atoms with E-state index in [1.807, 2.05) is 30.5 Å². The van der Waals surface area contributed by atoms with Crippen LogP contribution in [0.2, 0.25) is 0 Å². The lowest BCUT2D eigenvalue weighted by atomic mass is 10.1. The molecule has 0 aliphatic heterocycles. The van der Waals surface area contributed by atoms with E-state index >= 15 is 0 Å². The number of nitro groups is 1. The van der Waals surface area contributed by atoms with Crippen molar-refractivity contribution >= 4 is 17.0 Å². The fraction of sp³-hybridized carbons (Fsp3) is 0.0909. The van der Waals surface area contributed by atoms with Crippen LogP contribution in [0.5, 0.6) is 0 Å². The standard InChI is InChI=1S/C11H10N2O2/c1-8(13(14)15)7-10-4-2-3-9-5-6-12-11(9)10/h2-7,12H,1H3. The zero-order valence-corrected chi connectivity index (χ0v) is 8.23. The first-order valence-electron chi connectivity index (χ1n) is 4.57. The number of hydrogen-bond donors (Lipinski definition) is 1. The van der Waals surface area contributed by atoms with Gasteiger partial charge in [0.25, 0.3) is 0 Å². The van der Waals surface area contributed by atoms with E-state index in [2.05, 4.69) is 4.98 Å². The molecule has 4 nitrogen and oxygen atoms in total. The molecule has 2 rings (SSSR count). The van der Waals surface area contributed by atoms with Crippen molar-refractivity contribution in [3.8, 4) is 0 Å². The molecule has 76 valence electrons. The first kappa shape index (κ1) is 9.45. The lowest BCUT2D eigenvalue weighted by Crippen LogP contribution is -1.93. The molecule has 0 spiro atoms. The van der Waals surface area contributed by atoms with Gasteiger partial charge in [-0.15, -0.1) is 0 Å². The molecule has 1 N–H and O–H groups in total. The summed E-state index contributed by atoms with van der Waals surface area (Å²) in [5.74, 6) is 0. The zero-order chi connectivity index (χ0) is 10.8. The van der Waals surface area contributed by atoms with Crippen LogP contribution in [-0.4, -0.2) is 9.91 Å². The minimum absolute atomic E-state index is 0.136. The van der Waals surface area contributed by atoms with E-state index in [9.17, 15) is 10.1 Å². The normalized spacial score (nSPS) is 11.9. The maximum Gasteiger partial charge on any atom is 0.243 e. The molecule has 0 saturated carbocycles. The number of allylic oxidation sites excluding steroid dienone is 1. The summed E-state index contributed by atoms with van der Waals surface area (Å²) in [4.78, 5) is 13.2. The van der Waals surface area contributed by atoms with Crippen molar-refractivity contribution in [1.82, 2.24) is 4.98 Å². The molecule has 0 aliphatic rings. The Hall–Kier alpha value is -2.10. The van der Waals surface area contributed by atoms with Gasteiger partial charge in [0.1, 0.15) is 0 Å². The third-order valence-corrected chi connectivity index (χ3v) is 2.27. The summed E-state index contributed by atoms with van der Waals surface area (Å²) in [6.45, 7) is 1.49. The maximum atomic E-state index is 10.5. The number of aromatic amines is 1. The summed E-state index contributed by atoms with van der Waals surface area (Å²) < 4.78 is 0. The van der Waals surface area contributed by atoms with Gasteiger partial charge in [0, 0.05) is 24.8 Å². The van der Waals surface area contributed by atoms with Crippen molar-refractivity contribution in [3.05, 3.63) is 51.8 Å². The van der Waals surface area contributed by atoms with E-state index in [-0.39, 0.29) is 10.6 Å². The summed E-state index contributed by atoms with van der Waals surface area (Å²) in [6, 6.07) is 7.64. The topological polar surface area (TPSA) is 58.9 Å². The summed E-state index contributed by atoms with van der Waals surface area (Å²) in [5, 5.41) is 11.6. The van der Waals surface area contributed by atoms with Crippen LogP contribution in [-0.2, 0) is 0 Å². The predicted octanol–water partition coefficient (Wildman–Crippen LogP) is 2.81. The first-order valence-corrected chi connectivity index (χ1v) is 4.57. The molecule has 0 amide bonds. The van der Waals surface area contributed by atoms with E-state index in [0.717, 1.165) is 16.5 Å². The number of fused-ring (bicyclic) bond motifs is 1. The number of para-hydroxylation sites is 1. The molecule has 4 heteroatoms. The smallest absolute Gasteiger partial charge is 0.243 e. The van der Waals surface area contributed by atoms with Crippen LogP contribution in [0.1, 0.15) is 12.5 Å². The average molecular weight is 202 g/mol. The molecule has 0 unspecified atom stereocenters. The summed E-state index contributed by atoms with van der Waals surface area (Å²) in [6.07, 6.45) is 3.39. The maximum absolute atomic E-state index is 10.5. The molecule has 0 radical (unpaired) electrons. The fourth-order valence-corrected chi connectivity index (χ4v) is 1.51. The fourth-order valence-electron chi connectivity index (χ4n) is 1.51. The van der Waals surface area contributed by atoms with E-state index < -0.39 is 0 Å². The molecular formula is C11H10N2O2. The lowest BCUT2D eigenvalue weighted by Gasteiger charge is -1.96. The van der Waals surface area contributed by atoms with Gasteiger partial charge in [-0.2, -0.15) is 0 Å². The summed E-state index contributed by atoms with van der Waals surface area (Å²) in [5.41, 5.74) is 1.91. The number of benzene rings is 1. The Morgan fingerprint density at radius 3 is 3.00 bits per heavy atom. The molecule has 0 atom stereocenters. The van der Waals surface area contributed by atoms with Gasteiger partial charge in [0.2, 0.25) is 5.70 Å². The second kappa shape index (κ2) is 3.57. The van der Waals surface area contributed by atoms with Crippen LogP contribution in [0.4, 0.5) is 0 Å². The highest BCUT2D eigenvalue weighted by Crippen LogP contribution is 2.19. The lowest BCUT2D eigenvalue weighted by molar-refractivity contribution is -0.422. The molecule has 0 bridgehead atoms. The van der Waals surface area contributed by atoms with Gasteiger partial charge in [-0.3, -0.25) is 10.1 Å². The van der Waals surface area contributed by atoms with Gasteiger partial charge in [0.15, 0.2) is 0 Å². The van der Waals surface area contributed by atoms with Crippen molar-refractivity contribution < 1.29 is 4.92 Å². The van der Waals surface area contributed by atoms with Crippen LogP contribution in [0.15, 0.2) is 36.2 Å². The van der Waals surface area contributed by atoms with E-state index in [1.165, 1.54) is 6.92 Å². The Kier molecular flexibility index (Phi) is 2.25. The Morgan fingerprint density at radius 2 is 2.27 bits per heavy atom. The first-order chi connectivity index (χ1) is 7.18. The van der Waals surface area contributed by atoms with Gasteiger partial charge in [-0.05, 0) is 11.5 Å². The molecule has 0 aliphatic carbocycles. The third-order valence-electron chi connectivity index (χ3n) is 2.27. The van der Waals surface area contributed by atoms with Crippen LogP contribution in [0, 0.1) is 10.1 Å². The van der Waals surface area contributed by atoms with Gasteiger partial charge >= 0.3 is 0 Å². The van der Waals surface area contributed by atoms with E-state index in [4.69, 9.17) is 0 Å². The average Bonchev–Trinajstić information content (AvgIpc) is 2.66. The number of rotatable bonds is 2. The third kappa shape index (κ3) is 1.74. The number of aromatic nitrogens is 1. The van der Waals surface area contributed by atoms with Crippen LogP contribution in [0.25, 0.3) is 17.0 Å². The van der Waals surface area contributed by atoms with Crippen molar-refractivity contribution in [3.63, 3.8) is 0 Å². The van der Waals surface area contributed by atoms with E-state index in [1.54, 1.807) is 6.08 Å². The second-order valence-corrected chi connectivity index (χ2v) is 3.33. The molecule has 1 heterocycles. The Bertz CT molecular complexity index is 540. The SMILES string of the molecule is CC(=Cc1cccc2cc[nH]c12)[N+](=O)[O-]. The highest BCUT2D eigenvalue weighted by Gasteiger charge is 2.05. The molecule has 0 saturated heterocycles. The Morgan fingerprint density at radius 1 is 1.47 bits per heavy atom. The highest BCUT2D eigenvalue weighted by molar-refractivity contribution is 5.87. The Balaban J connectivity index is 2.57. The minimum Gasteiger partial charge on any atom is -0.361 e. The van der Waals surface area contributed by atoms with Crippen molar-refractivity contribution in [2.45, 2.75) is 6.92 Å². The van der Waals surface area contributed by atoms with Crippen LogP contribution < -0.4 is 0 Å². The van der Waals surface area contributed by atoms with E-state index in [0.29, 0.717) is 0 Å². The van der Waals surface area contributed by atoms with Crippen molar-refractivity contribution in [2.24, 2.45) is 0 Å². The number of hydrogen-bond acceptors (Lipinski definition) is 2. The molecule has 15 heavy (non-hydrogen) atoms. The summed E-state index contributed by atoms with van der Waals surface area (Å²) >= 11 is 0. The van der Waals surface area contributed by atoms with Crippen LogP contribution >= 0.6 is 0 Å². The summed E-state index contributed by atoms with van der Waals surface area (Å²) in [7, 11) is 0. The molecule has 1 aromatic heterocycles. The largest absolute Gasteiger partial charge is 0.361 e. The number of nitrogens with one attached hydrogen (secondary N) is 1. The van der Waals surface area contributed by atoms with Gasteiger partial charge in [-0.1, -0.05) is 18.2 Å². The van der Waals surface area contributed by atoms with Crippen molar-refractivity contribution in [1.29, 1.82) is 0 Å². The number of nitrogens with zero attached hydrogens (tertiary/aromatic N) is 1. The second-order valence-electron chi connectivity index (χ2n) is 3.33. The zero-order valence-electron chi connectivity index (χ0n) is 8.23.